The minimum absolute atomic E-state index is 0.0579. The molecule has 0 aliphatic carbocycles. The van der Waals surface area contributed by atoms with Gasteiger partial charge in [0, 0.05) is 17.6 Å². The van der Waals surface area contributed by atoms with Crippen molar-refractivity contribution >= 4 is 34.6 Å². The Hall–Kier alpha value is -1.01. The SMILES string of the molecule is C/C(=N/OCC(O)CNC(C)(C)C)c1cc(Cl)c(N)c(Cl)c1. The normalized spacial score (nSPS) is 14.0. The summed E-state index contributed by atoms with van der Waals surface area (Å²) in [6, 6.07) is 3.34. The molecule has 0 spiro atoms. The number of β-amino-alcohol motifs (C(OH)–C–C–N with tert-alkyl or cyclic N) is 1. The zero-order valence-corrected chi connectivity index (χ0v) is 14.8. The van der Waals surface area contributed by atoms with Gasteiger partial charge in [-0.05, 0) is 39.8 Å². The monoisotopic (exact) mass is 347 g/mol. The van der Waals surface area contributed by atoms with Gasteiger partial charge in [-0.25, -0.2) is 0 Å². The first-order chi connectivity index (χ1) is 10.1. The molecule has 0 aliphatic rings. The molecular weight excluding hydrogens is 325 g/mol. The second-order valence-electron chi connectivity index (χ2n) is 6.11. The molecule has 0 saturated carbocycles. The Morgan fingerprint density at radius 2 is 1.91 bits per heavy atom. The summed E-state index contributed by atoms with van der Waals surface area (Å²) in [5.74, 6) is 0. The molecule has 7 heteroatoms. The van der Waals surface area contributed by atoms with Crippen LogP contribution in [0.15, 0.2) is 17.3 Å². The number of nitrogens with one attached hydrogen (secondary N) is 1. The van der Waals surface area contributed by atoms with Gasteiger partial charge >= 0.3 is 0 Å². The van der Waals surface area contributed by atoms with E-state index in [2.05, 4.69) is 10.5 Å². The predicted molar refractivity (Wildman–Crippen MR) is 92.8 cm³/mol. The molecule has 0 saturated heterocycles. The topological polar surface area (TPSA) is 79.9 Å². The van der Waals surface area contributed by atoms with Crippen LogP contribution in [0.4, 0.5) is 5.69 Å². The van der Waals surface area contributed by atoms with Crippen LogP contribution >= 0.6 is 23.2 Å². The molecule has 0 fully saturated rings. The van der Waals surface area contributed by atoms with Crippen LogP contribution in [0.25, 0.3) is 0 Å². The lowest BCUT2D eigenvalue weighted by Crippen LogP contribution is -2.42. The van der Waals surface area contributed by atoms with Crippen LogP contribution < -0.4 is 11.1 Å². The van der Waals surface area contributed by atoms with Crippen molar-refractivity contribution in [3.63, 3.8) is 0 Å². The molecule has 0 bridgehead atoms. The number of nitrogen functional groups attached to an aromatic ring is 1. The fourth-order valence-electron chi connectivity index (χ4n) is 1.55. The number of aliphatic hydroxyl groups excluding tert-OH is 1. The van der Waals surface area contributed by atoms with Crippen molar-refractivity contribution in [2.75, 3.05) is 18.9 Å². The highest BCUT2D eigenvalue weighted by Gasteiger charge is 2.12. The van der Waals surface area contributed by atoms with Gasteiger partial charge in [-0.3, -0.25) is 0 Å². The number of hydrogen-bond acceptors (Lipinski definition) is 5. The van der Waals surface area contributed by atoms with E-state index in [4.69, 9.17) is 33.8 Å². The van der Waals surface area contributed by atoms with Gasteiger partial charge in [0.2, 0.25) is 0 Å². The van der Waals surface area contributed by atoms with E-state index in [1.807, 2.05) is 20.8 Å². The van der Waals surface area contributed by atoms with Crippen molar-refractivity contribution in [1.82, 2.24) is 5.32 Å². The highest BCUT2D eigenvalue weighted by atomic mass is 35.5. The molecule has 1 unspecified atom stereocenters. The lowest BCUT2D eigenvalue weighted by molar-refractivity contribution is 0.0373. The third kappa shape index (κ3) is 6.40. The maximum atomic E-state index is 9.81. The van der Waals surface area contributed by atoms with Crippen LogP contribution in [-0.2, 0) is 4.84 Å². The standard InChI is InChI=1S/C15H23Cl2N3O2/c1-9(10-5-12(16)14(18)13(17)6-10)20-22-8-11(21)7-19-15(2,3)4/h5-6,11,19,21H,7-8,18H2,1-4H3/b20-9-. The summed E-state index contributed by atoms with van der Waals surface area (Å²) in [4.78, 5) is 5.17. The van der Waals surface area contributed by atoms with Crippen molar-refractivity contribution in [3.05, 3.63) is 27.7 Å². The van der Waals surface area contributed by atoms with E-state index in [1.165, 1.54) is 0 Å². The van der Waals surface area contributed by atoms with Gasteiger partial charge < -0.3 is 21.0 Å². The highest BCUT2D eigenvalue weighted by Crippen LogP contribution is 2.29. The van der Waals surface area contributed by atoms with E-state index in [1.54, 1.807) is 19.1 Å². The van der Waals surface area contributed by atoms with Gasteiger partial charge in [-0.1, -0.05) is 28.4 Å². The third-order valence-corrected chi connectivity index (χ3v) is 3.46. The minimum Gasteiger partial charge on any atom is -0.396 e. The van der Waals surface area contributed by atoms with Crippen molar-refractivity contribution in [2.24, 2.45) is 5.16 Å². The van der Waals surface area contributed by atoms with Crippen molar-refractivity contribution in [1.29, 1.82) is 0 Å². The number of hydrogen-bond donors (Lipinski definition) is 3. The van der Waals surface area contributed by atoms with Crippen LogP contribution in [0.5, 0.6) is 0 Å². The summed E-state index contributed by atoms with van der Waals surface area (Å²) in [7, 11) is 0. The quantitative estimate of drug-likeness (QED) is 0.419. The van der Waals surface area contributed by atoms with Crippen molar-refractivity contribution in [2.45, 2.75) is 39.3 Å². The average Bonchev–Trinajstić information content (AvgIpc) is 2.41. The lowest BCUT2D eigenvalue weighted by Gasteiger charge is -2.22. The molecule has 0 amide bonds. The molecule has 0 heterocycles. The first-order valence-corrected chi connectivity index (χ1v) is 7.70. The Morgan fingerprint density at radius 3 is 2.41 bits per heavy atom. The summed E-state index contributed by atoms with van der Waals surface area (Å²) in [5.41, 5.74) is 7.28. The number of nitrogens with two attached hydrogens (primary N) is 1. The largest absolute Gasteiger partial charge is 0.396 e. The Kier molecular flexibility index (Phi) is 6.94. The molecule has 1 rings (SSSR count). The molecule has 4 N–H and O–H groups in total. The zero-order chi connectivity index (χ0) is 16.9. The van der Waals surface area contributed by atoms with Crippen LogP contribution in [0, 0.1) is 0 Å². The summed E-state index contributed by atoms with van der Waals surface area (Å²) >= 11 is 12.0. The van der Waals surface area contributed by atoms with E-state index in [9.17, 15) is 5.11 Å². The van der Waals surface area contributed by atoms with E-state index < -0.39 is 6.10 Å². The van der Waals surface area contributed by atoms with Crippen LogP contribution in [0.2, 0.25) is 10.0 Å². The highest BCUT2D eigenvalue weighted by molar-refractivity contribution is 6.39. The van der Waals surface area contributed by atoms with Crippen molar-refractivity contribution in [3.8, 4) is 0 Å². The number of anilines is 1. The molecule has 5 nitrogen and oxygen atoms in total. The maximum absolute atomic E-state index is 9.81. The van der Waals surface area contributed by atoms with Crippen LogP contribution in [0.1, 0.15) is 33.3 Å². The van der Waals surface area contributed by atoms with E-state index in [-0.39, 0.29) is 12.1 Å². The smallest absolute Gasteiger partial charge is 0.144 e. The molecule has 1 aromatic carbocycles. The second-order valence-corrected chi connectivity index (χ2v) is 6.93. The number of rotatable bonds is 6. The third-order valence-electron chi connectivity index (χ3n) is 2.83. The summed E-state index contributed by atoms with van der Waals surface area (Å²) in [6.45, 7) is 8.36. The van der Waals surface area contributed by atoms with E-state index in [0.717, 1.165) is 0 Å². The lowest BCUT2D eigenvalue weighted by atomic mass is 10.1. The molecule has 22 heavy (non-hydrogen) atoms. The Bertz CT molecular complexity index is 519. The first-order valence-electron chi connectivity index (χ1n) is 6.94. The number of oxime groups is 1. The van der Waals surface area contributed by atoms with Gasteiger partial charge in [0.15, 0.2) is 0 Å². The van der Waals surface area contributed by atoms with Gasteiger partial charge in [-0.15, -0.1) is 0 Å². The zero-order valence-electron chi connectivity index (χ0n) is 13.3. The molecule has 0 aliphatic heterocycles. The summed E-state index contributed by atoms with van der Waals surface area (Å²) in [6.07, 6.45) is -0.644. The fourth-order valence-corrected chi connectivity index (χ4v) is 2.04. The maximum Gasteiger partial charge on any atom is 0.144 e. The van der Waals surface area contributed by atoms with Crippen molar-refractivity contribution < 1.29 is 9.94 Å². The first kappa shape index (κ1) is 19.0. The molecule has 1 atom stereocenters. The van der Waals surface area contributed by atoms with E-state index >= 15 is 0 Å². The van der Waals surface area contributed by atoms with Gasteiger partial charge in [0.05, 0.1) is 21.4 Å². The number of halogens is 2. The van der Waals surface area contributed by atoms with Gasteiger partial charge in [0.25, 0.3) is 0 Å². The number of benzene rings is 1. The molecule has 0 radical (unpaired) electrons. The van der Waals surface area contributed by atoms with Crippen LogP contribution in [0.3, 0.4) is 0 Å². The minimum atomic E-state index is -0.644. The number of nitrogens with zero attached hydrogens (tertiary/aromatic N) is 1. The Balaban J connectivity index is 2.56. The van der Waals surface area contributed by atoms with Crippen LogP contribution in [-0.4, -0.2) is 35.6 Å². The fraction of sp³-hybridized carbons (Fsp3) is 0.533. The van der Waals surface area contributed by atoms with Gasteiger partial charge in [0.1, 0.15) is 12.7 Å². The second kappa shape index (κ2) is 8.02. The Morgan fingerprint density at radius 1 is 1.36 bits per heavy atom. The molecule has 124 valence electrons. The summed E-state index contributed by atoms with van der Waals surface area (Å²) < 4.78 is 0. The van der Waals surface area contributed by atoms with Gasteiger partial charge in [-0.2, -0.15) is 0 Å². The Labute approximate surface area is 141 Å². The molecule has 0 aromatic heterocycles. The van der Waals surface area contributed by atoms with E-state index in [0.29, 0.717) is 33.6 Å². The predicted octanol–water partition coefficient (Wildman–Crippen LogP) is 3.07. The summed E-state index contributed by atoms with van der Waals surface area (Å²) in [5, 5.41) is 17.7. The molecule has 1 aromatic rings. The average molecular weight is 348 g/mol. The molecular formula is C15H23Cl2N3O2. The number of aliphatic hydroxyl groups is 1.